The number of ether oxygens (including phenoxy) is 4. The summed E-state index contributed by atoms with van der Waals surface area (Å²) in [6, 6.07) is -0.934. The van der Waals surface area contributed by atoms with Crippen molar-refractivity contribution < 1.29 is 64.6 Å². The van der Waals surface area contributed by atoms with Crippen LogP contribution >= 0.6 is 0 Å². The Balaban J connectivity index is 1.78. The molecule has 2 fully saturated rings. The van der Waals surface area contributed by atoms with Gasteiger partial charge >= 0.3 is 0 Å². The largest absolute Gasteiger partial charge is 0.394 e. The minimum atomic E-state index is -1.79. The number of aliphatic hydroxyl groups is 8. The van der Waals surface area contributed by atoms with E-state index in [1.54, 1.807) is 6.08 Å². The van der Waals surface area contributed by atoms with Crippen molar-refractivity contribution in [1.82, 2.24) is 5.32 Å². The lowest BCUT2D eigenvalue weighted by Gasteiger charge is -2.46. The number of aliphatic hydroxyl groups excluding tert-OH is 8. The van der Waals surface area contributed by atoms with Gasteiger partial charge in [0.25, 0.3) is 0 Å². The van der Waals surface area contributed by atoms with Gasteiger partial charge in [-0.05, 0) is 44.9 Å². The quantitative estimate of drug-likeness (QED) is 0.0205. The van der Waals surface area contributed by atoms with Gasteiger partial charge in [-0.25, -0.2) is 0 Å². The molecule has 0 aliphatic carbocycles. The van der Waals surface area contributed by atoms with Gasteiger partial charge in [0, 0.05) is 6.42 Å². The number of hydrogen-bond donors (Lipinski definition) is 9. The minimum Gasteiger partial charge on any atom is -0.394 e. The van der Waals surface area contributed by atoms with E-state index in [2.05, 4.69) is 43.5 Å². The van der Waals surface area contributed by atoms with Crippen LogP contribution in [0.3, 0.4) is 0 Å². The van der Waals surface area contributed by atoms with Gasteiger partial charge in [0.2, 0.25) is 5.91 Å². The zero-order chi connectivity index (χ0) is 51.7. The normalized spacial score (nSPS) is 26.0. The van der Waals surface area contributed by atoms with Crippen LogP contribution in [0, 0.1) is 0 Å². The van der Waals surface area contributed by atoms with Crippen LogP contribution in [0.4, 0.5) is 0 Å². The molecule has 12 unspecified atom stereocenters. The van der Waals surface area contributed by atoms with Gasteiger partial charge in [-0.3, -0.25) is 4.79 Å². The predicted molar refractivity (Wildman–Crippen MR) is 281 cm³/mol. The molecule has 2 rings (SSSR count). The summed E-state index contributed by atoms with van der Waals surface area (Å²) in [5, 5.41) is 86.9. The van der Waals surface area contributed by atoms with Crippen LogP contribution in [0.15, 0.2) is 36.5 Å². The second-order valence-corrected chi connectivity index (χ2v) is 20.4. The fourth-order valence-corrected chi connectivity index (χ4v) is 9.38. The van der Waals surface area contributed by atoms with E-state index >= 15 is 0 Å². The van der Waals surface area contributed by atoms with E-state index in [1.807, 2.05) is 6.08 Å². The molecule has 2 aliphatic heterocycles. The summed E-state index contributed by atoms with van der Waals surface area (Å²) in [7, 11) is 0. The summed E-state index contributed by atoms with van der Waals surface area (Å²) >= 11 is 0. The maximum atomic E-state index is 13.2. The number of hydrogen-bond acceptors (Lipinski definition) is 13. The molecule has 1 amide bonds. The molecule has 71 heavy (non-hydrogen) atoms. The van der Waals surface area contributed by atoms with Crippen molar-refractivity contribution in [2.45, 2.75) is 299 Å². The molecule has 14 nitrogen and oxygen atoms in total. The highest BCUT2D eigenvalue weighted by Gasteiger charge is 2.51. The summed E-state index contributed by atoms with van der Waals surface area (Å²) in [5.41, 5.74) is 0. The first-order valence-corrected chi connectivity index (χ1v) is 28.7. The number of carbonyl (C=O) groups excluding carboxylic acids is 1. The maximum absolute atomic E-state index is 13.2. The lowest BCUT2D eigenvalue weighted by atomic mass is 9.97. The van der Waals surface area contributed by atoms with Crippen LogP contribution in [0.25, 0.3) is 0 Å². The average molecular weight is 1010 g/mol. The Labute approximate surface area is 430 Å². The van der Waals surface area contributed by atoms with Crippen molar-refractivity contribution in [2.24, 2.45) is 0 Å². The summed E-state index contributed by atoms with van der Waals surface area (Å²) < 4.78 is 22.7. The maximum Gasteiger partial charge on any atom is 0.220 e. The summed E-state index contributed by atoms with van der Waals surface area (Å²) in [5.74, 6) is -0.253. The Hall–Kier alpha value is -1.79. The van der Waals surface area contributed by atoms with Crippen molar-refractivity contribution >= 4 is 5.91 Å². The highest BCUT2D eigenvalue weighted by molar-refractivity contribution is 5.76. The fourth-order valence-electron chi connectivity index (χ4n) is 9.38. The molecular formula is C57H105NO13. The Morgan fingerprint density at radius 1 is 0.493 bits per heavy atom. The number of unbranched alkanes of at least 4 members (excludes halogenated alkanes) is 28. The monoisotopic (exact) mass is 1010 g/mol. The molecule has 9 N–H and O–H groups in total. The molecule has 2 saturated heterocycles. The zero-order valence-corrected chi connectivity index (χ0v) is 44.5. The first-order valence-electron chi connectivity index (χ1n) is 28.7. The summed E-state index contributed by atoms with van der Waals surface area (Å²) in [6.07, 6.45) is 34.8. The highest BCUT2D eigenvalue weighted by Crippen LogP contribution is 2.30. The van der Waals surface area contributed by atoms with E-state index in [9.17, 15) is 45.6 Å². The van der Waals surface area contributed by atoms with Crippen molar-refractivity contribution in [3.05, 3.63) is 36.5 Å². The van der Waals surface area contributed by atoms with E-state index in [-0.39, 0.29) is 18.9 Å². The van der Waals surface area contributed by atoms with E-state index in [4.69, 9.17) is 18.9 Å². The Morgan fingerprint density at radius 3 is 1.38 bits per heavy atom. The van der Waals surface area contributed by atoms with Crippen molar-refractivity contribution in [1.29, 1.82) is 0 Å². The molecule has 0 aromatic rings. The van der Waals surface area contributed by atoms with Crippen LogP contribution in [-0.4, -0.2) is 140 Å². The molecule has 2 aliphatic rings. The molecule has 14 heteroatoms. The van der Waals surface area contributed by atoms with Crippen LogP contribution < -0.4 is 5.32 Å². The van der Waals surface area contributed by atoms with Crippen molar-refractivity contribution in [3.63, 3.8) is 0 Å². The topological polar surface area (TPSA) is 228 Å². The standard InChI is InChI=1S/C57H105NO13/c1-3-5-7-9-11-13-15-17-18-19-20-21-22-23-24-25-26-27-28-29-30-32-34-36-38-40-46(61)45(58-49(62)41-39-37-35-33-31-16-14-12-10-8-6-4-2)44-68-56-54(67)52(65)55(48(43-60)70-56)71-57-53(66)51(64)50(63)47(42-59)69-57/h26-27,30,32,38,40,45-48,50-57,59-61,63-67H,3-25,28-29,31,33-37,39,41-44H2,1-2H3,(H,58,62)/b27-26+,32-30+,40-38+. The number of carbonyl (C=O) groups is 1. The van der Waals surface area contributed by atoms with Gasteiger partial charge in [-0.1, -0.05) is 211 Å². The van der Waals surface area contributed by atoms with Gasteiger partial charge in [-0.15, -0.1) is 0 Å². The molecule has 2 heterocycles. The van der Waals surface area contributed by atoms with Crippen molar-refractivity contribution in [2.75, 3.05) is 19.8 Å². The molecule has 0 aromatic carbocycles. The molecular weight excluding hydrogens is 907 g/mol. The number of rotatable bonds is 45. The predicted octanol–water partition coefficient (Wildman–Crippen LogP) is 9.05. The molecule has 0 saturated carbocycles. The third-order valence-electron chi connectivity index (χ3n) is 14.1. The van der Waals surface area contributed by atoms with Gasteiger partial charge in [0.15, 0.2) is 12.6 Å². The summed E-state index contributed by atoms with van der Waals surface area (Å²) in [6.45, 7) is 2.77. The van der Waals surface area contributed by atoms with Gasteiger partial charge in [0.1, 0.15) is 48.8 Å². The molecule has 0 aromatic heterocycles. The Kier molecular flexibility index (Phi) is 40.0. The molecule has 0 spiro atoms. The first kappa shape index (κ1) is 65.3. The highest BCUT2D eigenvalue weighted by atomic mass is 16.7. The Morgan fingerprint density at radius 2 is 0.901 bits per heavy atom. The fraction of sp³-hybridized carbons (Fsp3) is 0.877. The van der Waals surface area contributed by atoms with E-state index in [1.165, 1.54) is 148 Å². The number of allylic oxidation sites excluding steroid dienone is 5. The van der Waals surface area contributed by atoms with Gasteiger partial charge in [0.05, 0.1) is 32.0 Å². The van der Waals surface area contributed by atoms with Crippen LogP contribution in [0.1, 0.15) is 226 Å². The number of amides is 1. The van der Waals surface area contributed by atoms with Crippen LogP contribution in [-0.2, 0) is 23.7 Å². The molecule has 0 radical (unpaired) electrons. The molecule has 416 valence electrons. The van der Waals surface area contributed by atoms with Crippen LogP contribution in [0.5, 0.6) is 0 Å². The van der Waals surface area contributed by atoms with E-state index in [0.717, 1.165) is 44.9 Å². The SMILES string of the molecule is CCCCCCCCCCCCCCCCC/C=C/CC/C=C/CC/C=C/C(O)C(COC1OC(CO)C(OC2OC(CO)C(O)C(O)C2O)C(O)C1O)NC(=O)CCCCCCCCCCCCCC. The van der Waals surface area contributed by atoms with Gasteiger partial charge in [-0.2, -0.15) is 0 Å². The average Bonchev–Trinajstić information content (AvgIpc) is 3.37. The smallest absolute Gasteiger partial charge is 0.220 e. The third kappa shape index (κ3) is 29.8. The second kappa shape index (κ2) is 43.4. The zero-order valence-electron chi connectivity index (χ0n) is 44.5. The second-order valence-electron chi connectivity index (χ2n) is 20.4. The number of nitrogens with one attached hydrogen (secondary N) is 1. The minimum absolute atomic E-state index is 0.253. The molecule has 12 atom stereocenters. The van der Waals surface area contributed by atoms with Gasteiger partial charge < -0.3 is 65.1 Å². The summed E-state index contributed by atoms with van der Waals surface area (Å²) in [4.78, 5) is 13.2. The third-order valence-corrected chi connectivity index (χ3v) is 14.1. The van der Waals surface area contributed by atoms with E-state index < -0.39 is 86.8 Å². The van der Waals surface area contributed by atoms with Crippen molar-refractivity contribution in [3.8, 4) is 0 Å². The lowest BCUT2D eigenvalue weighted by molar-refractivity contribution is -0.359. The first-order chi connectivity index (χ1) is 34.6. The molecule has 0 bridgehead atoms. The van der Waals surface area contributed by atoms with E-state index in [0.29, 0.717) is 12.8 Å². The van der Waals surface area contributed by atoms with Crippen LogP contribution in [0.2, 0.25) is 0 Å². The lowest BCUT2D eigenvalue weighted by Crippen LogP contribution is -2.65. The Bertz CT molecular complexity index is 1330.